The lowest BCUT2D eigenvalue weighted by Crippen LogP contribution is -1.79. The lowest BCUT2D eigenvalue weighted by Gasteiger charge is -1.80. The van der Waals surface area contributed by atoms with Crippen molar-refractivity contribution < 1.29 is 4.42 Å². The number of rotatable bonds is 0. The van der Waals surface area contributed by atoms with E-state index in [0.717, 1.165) is 21.6 Å². The van der Waals surface area contributed by atoms with Gasteiger partial charge in [0.05, 0.1) is 11.9 Å². The Labute approximate surface area is 72.1 Å². The number of halogens is 1. The Morgan fingerprint density at radius 3 is 2.91 bits per heavy atom. The summed E-state index contributed by atoms with van der Waals surface area (Å²) < 4.78 is 8.04. The largest absolute Gasteiger partial charge is 0.441 e. The van der Waals surface area contributed by atoms with Crippen LogP contribution in [0.4, 0.5) is 0 Å². The summed E-state index contributed by atoms with van der Waals surface area (Å²) in [4.78, 5) is 0. The van der Waals surface area contributed by atoms with Crippen molar-refractivity contribution in [1.82, 2.24) is 9.61 Å². The standard InChI is InChI=1S/C7H7BrN2O/c1-4-3-10-7(11-4)6(8)5(2)9-10/h3H,1-2H3. The van der Waals surface area contributed by atoms with E-state index < -0.39 is 0 Å². The van der Waals surface area contributed by atoms with Crippen molar-refractivity contribution >= 4 is 21.6 Å². The molecule has 0 radical (unpaired) electrons. The maximum atomic E-state index is 5.37. The molecule has 0 aliphatic rings. The van der Waals surface area contributed by atoms with Gasteiger partial charge in [-0.2, -0.15) is 5.10 Å². The van der Waals surface area contributed by atoms with Crippen molar-refractivity contribution in [1.29, 1.82) is 0 Å². The molecule has 4 heteroatoms. The van der Waals surface area contributed by atoms with Crippen LogP contribution >= 0.6 is 15.9 Å². The fourth-order valence-corrected chi connectivity index (χ4v) is 1.38. The zero-order valence-electron chi connectivity index (χ0n) is 6.26. The molecule has 0 amide bonds. The van der Waals surface area contributed by atoms with Gasteiger partial charge in [0.2, 0.25) is 5.71 Å². The van der Waals surface area contributed by atoms with Crippen LogP contribution in [0.1, 0.15) is 11.5 Å². The zero-order valence-corrected chi connectivity index (χ0v) is 7.84. The summed E-state index contributed by atoms with van der Waals surface area (Å²) >= 11 is 3.39. The first-order valence-corrected chi connectivity index (χ1v) is 4.08. The maximum Gasteiger partial charge on any atom is 0.236 e. The second kappa shape index (κ2) is 2.11. The van der Waals surface area contributed by atoms with Gasteiger partial charge >= 0.3 is 0 Å². The molecule has 0 aromatic carbocycles. The Morgan fingerprint density at radius 1 is 1.55 bits per heavy atom. The number of aromatic nitrogens is 2. The third-order valence-electron chi connectivity index (χ3n) is 1.53. The molecule has 0 fully saturated rings. The normalized spacial score (nSPS) is 11.2. The Kier molecular flexibility index (Phi) is 1.32. The minimum Gasteiger partial charge on any atom is -0.441 e. The molecular formula is C7H7BrN2O. The zero-order chi connectivity index (χ0) is 8.01. The Balaban J connectivity index is 2.88. The molecule has 2 rings (SSSR count). The van der Waals surface area contributed by atoms with Gasteiger partial charge in [0.15, 0.2) is 0 Å². The lowest BCUT2D eigenvalue weighted by molar-refractivity contribution is 0.570. The first-order valence-electron chi connectivity index (χ1n) is 3.29. The van der Waals surface area contributed by atoms with E-state index >= 15 is 0 Å². The Bertz CT molecular complexity index is 402. The second-order valence-electron chi connectivity index (χ2n) is 2.49. The van der Waals surface area contributed by atoms with Gasteiger partial charge < -0.3 is 4.42 Å². The fraction of sp³-hybridized carbons (Fsp3) is 0.286. The molecule has 0 N–H and O–H groups in total. The van der Waals surface area contributed by atoms with Gasteiger partial charge in [0.1, 0.15) is 10.2 Å². The average Bonchev–Trinajstić information content (AvgIpc) is 2.37. The number of fused-ring (bicyclic) bond motifs is 1. The van der Waals surface area contributed by atoms with Crippen LogP contribution in [-0.4, -0.2) is 9.61 Å². The third kappa shape index (κ3) is 0.894. The quantitative estimate of drug-likeness (QED) is 0.674. The van der Waals surface area contributed by atoms with Gasteiger partial charge in [-0.25, -0.2) is 4.52 Å². The molecule has 0 aliphatic heterocycles. The summed E-state index contributed by atoms with van der Waals surface area (Å²) in [5.74, 6) is 0.869. The number of hydrogen-bond acceptors (Lipinski definition) is 2. The van der Waals surface area contributed by atoms with Crippen LogP contribution in [0.15, 0.2) is 15.1 Å². The van der Waals surface area contributed by atoms with Gasteiger partial charge in [0.25, 0.3) is 0 Å². The predicted molar refractivity (Wildman–Crippen MR) is 44.6 cm³/mol. The lowest BCUT2D eigenvalue weighted by atomic mass is 10.5. The van der Waals surface area contributed by atoms with E-state index in [2.05, 4.69) is 21.0 Å². The molecule has 58 valence electrons. The van der Waals surface area contributed by atoms with E-state index in [1.54, 1.807) is 4.52 Å². The summed E-state index contributed by atoms with van der Waals surface area (Å²) in [6.45, 7) is 3.83. The van der Waals surface area contributed by atoms with Crippen molar-refractivity contribution in [3.8, 4) is 0 Å². The van der Waals surface area contributed by atoms with Gasteiger partial charge in [-0.05, 0) is 29.8 Å². The highest BCUT2D eigenvalue weighted by Crippen LogP contribution is 2.23. The molecule has 3 nitrogen and oxygen atoms in total. The fourth-order valence-electron chi connectivity index (χ4n) is 1.04. The van der Waals surface area contributed by atoms with Crippen LogP contribution in [-0.2, 0) is 0 Å². The van der Waals surface area contributed by atoms with E-state index in [9.17, 15) is 0 Å². The van der Waals surface area contributed by atoms with Crippen molar-refractivity contribution in [3.63, 3.8) is 0 Å². The molecule has 0 bridgehead atoms. The van der Waals surface area contributed by atoms with E-state index in [1.807, 2.05) is 20.0 Å². The van der Waals surface area contributed by atoms with Gasteiger partial charge in [-0.15, -0.1) is 0 Å². The average molecular weight is 215 g/mol. The van der Waals surface area contributed by atoms with E-state index in [0.29, 0.717) is 0 Å². The number of hydrogen-bond donors (Lipinski definition) is 0. The Morgan fingerprint density at radius 2 is 2.27 bits per heavy atom. The molecule has 2 heterocycles. The molecule has 11 heavy (non-hydrogen) atoms. The summed E-state index contributed by atoms with van der Waals surface area (Å²) in [5.41, 5.74) is 1.73. The second-order valence-corrected chi connectivity index (χ2v) is 3.28. The molecule has 0 aliphatic carbocycles. The topological polar surface area (TPSA) is 30.4 Å². The number of nitrogens with zero attached hydrogens (tertiary/aromatic N) is 2. The van der Waals surface area contributed by atoms with Crippen LogP contribution in [0.5, 0.6) is 0 Å². The first kappa shape index (κ1) is 6.91. The highest BCUT2D eigenvalue weighted by molar-refractivity contribution is 9.10. The van der Waals surface area contributed by atoms with Gasteiger partial charge in [0, 0.05) is 0 Å². The van der Waals surface area contributed by atoms with Crippen LogP contribution in [0.25, 0.3) is 5.71 Å². The minimum atomic E-state index is 0.778. The first-order chi connectivity index (χ1) is 5.18. The van der Waals surface area contributed by atoms with Crippen LogP contribution < -0.4 is 0 Å². The highest BCUT2D eigenvalue weighted by Gasteiger charge is 2.09. The third-order valence-corrected chi connectivity index (χ3v) is 2.45. The predicted octanol–water partition coefficient (Wildman–Crippen LogP) is 2.31. The van der Waals surface area contributed by atoms with E-state index in [-0.39, 0.29) is 0 Å². The molecule has 0 spiro atoms. The summed E-state index contributed by atoms with van der Waals surface area (Å²) in [6, 6.07) is 0. The summed E-state index contributed by atoms with van der Waals surface area (Å²) in [6.07, 6.45) is 1.85. The van der Waals surface area contributed by atoms with Crippen LogP contribution in [0, 0.1) is 13.8 Å². The van der Waals surface area contributed by atoms with E-state index in [4.69, 9.17) is 4.42 Å². The number of oxazole rings is 1. The SMILES string of the molecule is Cc1cn2nc(C)c(Br)c2o1. The van der Waals surface area contributed by atoms with Crippen molar-refractivity contribution in [2.45, 2.75) is 13.8 Å². The molecule has 0 saturated carbocycles. The smallest absolute Gasteiger partial charge is 0.236 e. The molecule has 2 aromatic heterocycles. The highest BCUT2D eigenvalue weighted by atomic mass is 79.9. The monoisotopic (exact) mass is 214 g/mol. The van der Waals surface area contributed by atoms with Crippen LogP contribution in [0.3, 0.4) is 0 Å². The molecule has 0 saturated heterocycles. The summed E-state index contributed by atoms with van der Waals surface area (Å²) in [5, 5.41) is 4.21. The van der Waals surface area contributed by atoms with Crippen molar-refractivity contribution in [3.05, 3.63) is 22.1 Å². The molecule has 2 aromatic rings. The number of aryl methyl sites for hydroxylation is 2. The minimum absolute atomic E-state index is 0.778. The van der Waals surface area contributed by atoms with Crippen molar-refractivity contribution in [2.24, 2.45) is 0 Å². The van der Waals surface area contributed by atoms with E-state index in [1.165, 1.54) is 0 Å². The maximum absolute atomic E-state index is 5.37. The molecule has 0 unspecified atom stereocenters. The Hall–Kier alpha value is -0.770. The van der Waals surface area contributed by atoms with Gasteiger partial charge in [-0.1, -0.05) is 0 Å². The van der Waals surface area contributed by atoms with Gasteiger partial charge in [-0.3, -0.25) is 0 Å². The summed E-state index contributed by atoms with van der Waals surface area (Å²) in [7, 11) is 0. The molecule has 0 atom stereocenters. The van der Waals surface area contributed by atoms with Crippen molar-refractivity contribution in [2.75, 3.05) is 0 Å². The molecular weight excluding hydrogens is 208 g/mol. The van der Waals surface area contributed by atoms with Crippen LogP contribution in [0.2, 0.25) is 0 Å².